The second-order valence-electron chi connectivity index (χ2n) is 7.79. The molecule has 30 heavy (non-hydrogen) atoms. The standard InChI is InChI=1S/C23H24N2O5/c1-3-23(27)17-11-19-20-15(10-14-6-4-5-7-18(14)24-20)12-25(19)21(26)16(17)13-30-22(23)29-9-8-28-2/h4-7,10-11,22,27H,3,8-9,12-13H2,1-2H3/t22-,23+/m1/s1. The Morgan fingerprint density at radius 2 is 2.13 bits per heavy atom. The van der Waals surface area contributed by atoms with Crippen LogP contribution in [0.5, 0.6) is 0 Å². The first-order chi connectivity index (χ1) is 14.6. The van der Waals surface area contributed by atoms with Crippen LogP contribution in [0.1, 0.15) is 30.0 Å². The summed E-state index contributed by atoms with van der Waals surface area (Å²) in [5.41, 5.74) is 2.87. The van der Waals surface area contributed by atoms with Crippen molar-refractivity contribution in [3.63, 3.8) is 0 Å². The van der Waals surface area contributed by atoms with Crippen LogP contribution in [0, 0.1) is 0 Å². The van der Waals surface area contributed by atoms with E-state index in [1.807, 2.05) is 37.3 Å². The summed E-state index contributed by atoms with van der Waals surface area (Å²) >= 11 is 0. The van der Waals surface area contributed by atoms with Crippen molar-refractivity contribution in [1.29, 1.82) is 0 Å². The summed E-state index contributed by atoms with van der Waals surface area (Å²) < 4.78 is 18.3. The largest absolute Gasteiger partial charge is 0.382 e. The van der Waals surface area contributed by atoms with Gasteiger partial charge in [-0.05, 0) is 24.6 Å². The molecule has 3 aromatic rings. The average Bonchev–Trinajstić information content (AvgIpc) is 3.12. The molecule has 0 fully saturated rings. The minimum atomic E-state index is -1.42. The molecule has 4 heterocycles. The lowest BCUT2D eigenvalue weighted by molar-refractivity contribution is -0.262. The Kier molecular flexibility index (Phi) is 4.71. The Morgan fingerprint density at radius 1 is 1.30 bits per heavy atom. The third-order valence-electron chi connectivity index (χ3n) is 6.11. The predicted molar refractivity (Wildman–Crippen MR) is 111 cm³/mol. The van der Waals surface area contributed by atoms with E-state index in [0.717, 1.165) is 27.9 Å². The molecule has 0 bridgehead atoms. The third-order valence-corrected chi connectivity index (χ3v) is 6.11. The highest BCUT2D eigenvalue weighted by molar-refractivity contribution is 5.84. The van der Waals surface area contributed by atoms with Gasteiger partial charge in [0, 0.05) is 29.2 Å². The Balaban J connectivity index is 1.64. The lowest BCUT2D eigenvalue weighted by Gasteiger charge is -2.40. The van der Waals surface area contributed by atoms with Crippen molar-refractivity contribution in [2.75, 3.05) is 20.3 Å². The number of aromatic nitrogens is 2. The highest BCUT2D eigenvalue weighted by Crippen LogP contribution is 2.41. The number of methoxy groups -OCH3 is 1. The molecular weight excluding hydrogens is 384 g/mol. The predicted octanol–water partition coefficient (Wildman–Crippen LogP) is 2.54. The van der Waals surface area contributed by atoms with E-state index in [4.69, 9.17) is 19.2 Å². The number of aliphatic hydroxyl groups is 1. The molecule has 7 heteroatoms. The number of hydrogen-bond acceptors (Lipinski definition) is 6. The zero-order valence-electron chi connectivity index (χ0n) is 17.1. The zero-order valence-corrected chi connectivity index (χ0v) is 17.1. The van der Waals surface area contributed by atoms with E-state index in [1.165, 1.54) is 0 Å². The van der Waals surface area contributed by atoms with Gasteiger partial charge in [0.25, 0.3) is 5.56 Å². The van der Waals surface area contributed by atoms with Gasteiger partial charge in [0.2, 0.25) is 0 Å². The molecule has 7 nitrogen and oxygen atoms in total. The lowest BCUT2D eigenvalue weighted by atomic mass is 9.85. The quantitative estimate of drug-likeness (QED) is 0.511. The SMILES string of the molecule is CC[C@]1(O)c2cc3n(c(=O)c2CO[C@H]1OCCOC)Cc1cc2ccccc2nc1-3. The number of nitrogens with zero attached hydrogens (tertiary/aromatic N) is 2. The van der Waals surface area contributed by atoms with E-state index < -0.39 is 11.9 Å². The molecule has 0 unspecified atom stereocenters. The maximum atomic E-state index is 13.3. The molecule has 1 N–H and O–H groups in total. The Hall–Kier alpha value is -2.58. The van der Waals surface area contributed by atoms with E-state index >= 15 is 0 Å². The van der Waals surface area contributed by atoms with Crippen LogP contribution in [0.15, 0.2) is 41.2 Å². The van der Waals surface area contributed by atoms with Crippen LogP contribution in [-0.4, -0.2) is 41.3 Å². The van der Waals surface area contributed by atoms with Gasteiger partial charge >= 0.3 is 0 Å². The highest BCUT2D eigenvalue weighted by atomic mass is 16.7. The molecule has 156 valence electrons. The summed E-state index contributed by atoms with van der Waals surface area (Å²) in [6.45, 7) is 3.10. The van der Waals surface area contributed by atoms with Crippen LogP contribution in [-0.2, 0) is 33.0 Å². The van der Waals surface area contributed by atoms with Crippen molar-refractivity contribution < 1.29 is 19.3 Å². The minimum Gasteiger partial charge on any atom is -0.382 e. The molecule has 0 saturated heterocycles. The van der Waals surface area contributed by atoms with Crippen LogP contribution in [0.25, 0.3) is 22.3 Å². The van der Waals surface area contributed by atoms with Gasteiger partial charge in [-0.3, -0.25) is 4.79 Å². The van der Waals surface area contributed by atoms with E-state index in [-0.39, 0.29) is 12.2 Å². The fraction of sp³-hybridized carbons (Fsp3) is 0.391. The molecule has 2 atom stereocenters. The van der Waals surface area contributed by atoms with Gasteiger partial charge in [-0.25, -0.2) is 4.98 Å². The molecule has 2 aromatic heterocycles. The van der Waals surface area contributed by atoms with Crippen molar-refractivity contribution in [1.82, 2.24) is 9.55 Å². The first-order valence-electron chi connectivity index (χ1n) is 10.2. The average molecular weight is 408 g/mol. The van der Waals surface area contributed by atoms with Crippen LogP contribution in [0.2, 0.25) is 0 Å². The van der Waals surface area contributed by atoms with Gasteiger partial charge in [-0.1, -0.05) is 25.1 Å². The fourth-order valence-corrected chi connectivity index (χ4v) is 4.45. The smallest absolute Gasteiger partial charge is 0.257 e. The van der Waals surface area contributed by atoms with Gasteiger partial charge in [0.15, 0.2) is 6.29 Å². The van der Waals surface area contributed by atoms with Crippen molar-refractivity contribution in [3.05, 3.63) is 63.4 Å². The van der Waals surface area contributed by atoms with Crippen LogP contribution >= 0.6 is 0 Å². The highest BCUT2D eigenvalue weighted by Gasteiger charge is 2.45. The number of benzene rings is 1. The van der Waals surface area contributed by atoms with E-state index in [1.54, 1.807) is 11.7 Å². The summed E-state index contributed by atoms with van der Waals surface area (Å²) in [7, 11) is 1.59. The van der Waals surface area contributed by atoms with Gasteiger partial charge in [0.05, 0.1) is 43.3 Å². The molecule has 0 aliphatic carbocycles. The molecule has 0 saturated carbocycles. The van der Waals surface area contributed by atoms with Gasteiger partial charge in [0.1, 0.15) is 5.60 Å². The maximum absolute atomic E-state index is 13.3. The molecule has 1 aromatic carbocycles. The van der Waals surface area contributed by atoms with E-state index in [9.17, 15) is 9.90 Å². The molecule has 2 aliphatic rings. The topological polar surface area (TPSA) is 82.8 Å². The molecule has 2 aliphatic heterocycles. The van der Waals surface area contributed by atoms with Crippen LogP contribution in [0.4, 0.5) is 0 Å². The second-order valence-corrected chi connectivity index (χ2v) is 7.79. The first-order valence-corrected chi connectivity index (χ1v) is 10.2. The van der Waals surface area contributed by atoms with Gasteiger partial charge < -0.3 is 23.9 Å². The summed E-state index contributed by atoms with van der Waals surface area (Å²) in [6, 6.07) is 11.9. The minimum absolute atomic E-state index is 0.0974. The number of fused-ring (bicyclic) bond motifs is 5. The Morgan fingerprint density at radius 3 is 2.93 bits per heavy atom. The number of hydrogen-bond donors (Lipinski definition) is 1. The van der Waals surface area contributed by atoms with E-state index in [2.05, 4.69) is 6.07 Å². The first kappa shape index (κ1) is 19.4. The summed E-state index contributed by atoms with van der Waals surface area (Å²) in [6.07, 6.45) is -0.517. The number of rotatable bonds is 5. The van der Waals surface area contributed by atoms with Crippen LogP contribution in [0.3, 0.4) is 0 Å². The number of ether oxygens (including phenoxy) is 3. The summed E-state index contributed by atoms with van der Waals surface area (Å²) in [4.78, 5) is 18.1. The fourth-order valence-electron chi connectivity index (χ4n) is 4.45. The van der Waals surface area contributed by atoms with Crippen molar-refractivity contribution in [3.8, 4) is 11.4 Å². The molecule has 0 radical (unpaired) electrons. The normalized spacial score (nSPS) is 22.0. The molecule has 5 rings (SSSR count). The number of pyridine rings is 2. The molecule has 0 spiro atoms. The van der Waals surface area contributed by atoms with Crippen molar-refractivity contribution in [2.24, 2.45) is 0 Å². The summed E-state index contributed by atoms with van der Waals surface area (Å²) in [5, 5.41) is 12.6. The third kappa shape index (κ3) is 2.81. The van der Waals surface area contributed by atoms with Crippen LogP contribution < -0.4 is 5.56 Å². The van der Waals surface area contributed by atoms with E-state index in [0.29, 0.717) is 37.3 Å². The molecular formula is C23H24N2O5. The Bertz CT molecular complexity index is 1190. The van der Waals surface area contributed by atoms with Gasteiger partial charge in [-0.15, -0.1) is 0 Å². The van der Waals surface area contributed by atoms with Crippen molar-refractivity contribution in [2.45, 2.75) is 38.4 Å². The summed E-state index contributed by atoms with van der Waals surface area (Å²) in [5.74, 6) is 0. The monoisotopic (exact) mass is 408 g/mol. The Labute approximate surface area is 173 Å². The second kappa shape index (κ2) is 7.28. The van der Waals surface area contributed by atoms with Gasteiger partial charge in [-0.2, -0.15) is 0 Å². The molecule has 0 amide bonds. The zero-order chi connectivity index (χ0) is 20.9. The lowest BCUT2D eigenvalue weighted by Crippen LogP contribution is -2.49. The number of para-hydroxylation sites is 1. The maximum Gasteiger partial charge on any atom is 0.257 e. The van der Waals surface area contributed by atoms with Crippen molar-refractivity contribution >= 4 is 10.9 Å².